The Bertz CT molecular complexity index is 1090. The summed E-state index contributed by atoms with van der Waals surface area (Å²) in [6.45, 7) is 3.23. The van der Waals surface area contributed by atoms with E-state index in [1.807, 2.05) is 17.0 Å². The molecule has 168 valence electrons. The van der Waals surface area contributed by atoms with Crippen LogP contribution in [0.4, 0.5) is 0 Å². The van der Waals surface area contributed by atoms with Crippen LogP contribution in [-0.2, 0) is 14.6 Å². The molecule has 0 spiro atoms. The van der Waals surface area contributed by atoms with E-state index in [-0.39, 0.29) is 18.4 Å². The quantitative estimate of drug-likeness (QED) is 0.701. The Morgan fingerprint density at radius 2 is 2.00 bits per heavy atom. The summed E-state index contributed by atoms with van der Waals surface area (Å²) in [5.41, 5.74) is 0. The Morgan fingerprint density at radius 1 is 1.13 bits per heavy atom. The number of rotatable bonds is 4. The summed E-state index contributed by atoms with van der Waals surface area (Å²) < 4.78 is 29.3. The molecule has 2 saturated heterocycles. The maximum atomic E-state index is 14.0. The summed E-state index contributed by atoms with van der Waals surface area (Å²) in [6, 6.07) is 7.26. The van der Waals surface area contributed by atoms with Crippen molar-refractivity contribution in [3.63, 3.8) is 0 Å². The molecule has 6 nitrogen and oxygen atoms in total. The number of carbonyl (C=O) groups excluding carboxylic acids is 1. The van der Waals surface area contributed by atoms with E-state index in [0.29, 0.717) is 34.2 Å². The van der Waals surface area contributed by atoms with Gasteiger partial charge in [-0.2, -0.15) is 0 Å². The van der Waals surface area contributed by atoms with Crippen LogP contribution in [0.25, 0.3) is 10.1 Å². The zero-order valence-electron chi connectivity index (χ0n) is 17.3. The smallest absolute Gasteiger partial charge is 0.234 e. The number of sulfone groups is 1. The molecule has 0 bridgehead atoms. The summed E-state index contributed by atoms with van der Waals surface area (Å²) in [6.07, 6.45) is 4.05. The fraction of sp³-hybridized carbons (Fsp3) is 0.591. The molecule has 1 amide bonds. The summed E-state index contributed by atoms with van der Waals surface area (Å²) in [4.78, 5) is 14.1. The maximum absolute atomic E-state index is 14.0. The van der Waals surface area contributed by atoms with Crippen molar-refractivity contribution in [1.82, 2.24) is 15.5 Å². The summed E-state index contributed by atoms with van der Waals surface area (Å²) >= 11 is 7.41. The first-order valence-electron chi connectivity index (χ1n) is 11.1. The normalized spacial score (nSPS) is 28.8. The lowest BCUT2D eigenvalue weighted by atomic mass is 9.71. The third-order valence-electron chi connectivity index (χ3n) is 7.17. The van der Waals surface area contributed by atoms with Crippen molar-refractivity contribution < 1.29 is 13.2 Å². The van der Waals surface area contributed by atoms with Crippen LogP contribution < -0.4 is 10.6 Å². The third-order valence-corrected chi connectivity index (χ3v) is 11.2. The highest BCUT2D eigenvalue weighted by Crippen LogP contribution is 2.43. The van der Waals surface area contributed by atoms with Crippen molar-refractivity contribution >= 4 is 48.8 Å². The average Bonchev–Trinajstić information content (AvgIpc) is 3.18. The van der Waals surface area contributed by atoms with E-state index in [4.69, 9.17) is 11.6 Å². The average molecular weight is 482 g/mol. The molecule has 2 aliphatic heterocycles. The lowest BCUT2D eigenvalue weighted by Gasteiger charge is -2.45. The molecule has 4 unspecified atom stereocenters. The highest BCUT2D eigenvalue weighted by molar-refractivity contribution is 7.94. The molecule has 1 saturated carbocycles. The van der Waals surface area contributed by atoms with Gasteiger partial charge < -0.3 is 10.6 Å². The molecule has 3 fully saturated rings. The number of halogens is 1. The molecule has 4 atom stereocenters. The van der Waals surface area contributed by atoms with Gasteiger partial charge in [0.2, 0.25) is 15.7 Å². The first-order chi connectivity index (χ1) is 14.9. The third kappa shape index (κ3) is 4.25. The molecular formula is C22H28ClN3O3S2. The molecule has 1 aromatic heterocycles. The Kier molecular flexibility index (Phi) is 6.03. The molecule has 2 aromatic rings. The monoisotopic (exact) mass is 481 g/mol. The Hall–Kier alpha value is -1.19. The minimum atomic E-state index is -3.64. The molecule has 1 aromatic carbocycles. The van der Waals surface area contributed by atoms with Gasteiger partial charge in [-0.15, -0.1) is 11.3 Å². The number of carbonyl (C=O) groups is 1. The number of piperazine rings is 1. The van der Waals surface area contributed by atoms with E-state index in [2.05, 4.69) is 10.6 Å². The van der Waals surface area contributed by atoms with Crippen LogP contribution in [0.15, 0.2) is 28.5 Å². The van der Waals surface area contributed by atoms with E-state index >= 15 is 0 Å². The van der Waals surface area contributed by atoms with Gasteiger partial charge in [-0.25, -0.2) is 8.42 Å². The van der Waals surface area contributed by atoms with E-state index in [0.717, 1.165) is 42.4 Å². The Labute approximate surface area is 192 Å². The zero-order valence-corrected chi connectivity index (χ0v) is 19.7. The van der Waals surface area contributed by atoms with Crippen molar-refractivity contribution in [2.24, 2.45) is 17.8 Å². The molecule has 2 N–H and O–H groups in total. The number of hydrogen-bond donors (Lipinski definition) is 2. The van der Waals surface area contributed by atoms with Crippen LogP contribution in [0.1, 0.15) is 25.7 Å². The van der Waals surface area contributed by atoms with E-state index in [9.17, 15) is 13.2 Å². The molecular weight excluding hydrogens is 454 g/mol. The number of thiophene rings is 1. The molecule has 3 heterocycles. The number of benzene rings is 1. The van der Waals surface area contributed by atoms with Gasteiger partial charge in [-0.3, -0.25) is 9.69 Å². The van der Waals surface area contributed by atoms with Crippen LogP contribution in [0.2, 0.25) is 5.02 Å². The Balaban J connectivity index is 1.51. The SMILES string of the molecule is O=C1CN(C(C2CCC3CCNCC3C2)S(=O)(=O)c2cc3ccc(Cl)cc3s2)CCN1. The highest BCUT2D eigenvalue weighted by atomic mass is 35.5. The van der Waals surface area contributed by atoms with Crippen LogP contribution in [-0.4, -0.2) is 57.3 Å². The van der Waals surface area contributed by atoms with Gasteiger partial charge in [-0.05, 0) is 80.1 Å². The Morgan fingerprint density at radius 3 is 2.84 bits per heavy atom. The maximum Gasteiger partial charge on any atom is 0.234 e. The molecule has 9 heteroatoms. The van der Waals surface area contributed by atoms with Gasteiger partial charge in [0.05, 0.1) is 6.54 Å². The first-order valence-corrected chi connectivity index (χ1v) is 13.8. The fourth-order valence-electron chi connectivity index (χ4n) is 5.69. The van der Waals surface area contributed by atoms with Gasteiger partial charge in [0.25, 0.3) is 0 Å². The molecule has 5 rings (SSSR count). The van der Waals surface area contributed by atoms with Crippen LogP contribution in [0.5, 0.6) is 0 Å². The van der Waals surface area contributed by atoms with Crippen LogP contribution >= 0.6 is 22.9 Å². The topological polar surface area (TPSA) is 78.5 Å². The molecule has 3 aliphatic rings. The van der Waals surface area contributed by atoms with Crippen molar-refractivity contribution in [3.8, 4) is 0 Å². The number of amides is 1. The largest absolute Gasteiger partial charge is 0.354 e. The van der Waals surface area contributed by atoms with Gasteiger partial charge in [0.1, 0.15) is 9.58 Å². The van der Waals surface area contributed by atoms with Crippen LogP contribution in [0.3, 0.4) is 0 Å². The molecule has 31 heavy (non-hydrogen) atoms. The van der Waals surface area contributed by atoms with E-state index < -0.39 is 15.2 Å². The first kappa shape index (κ1) is 21.6. The van der Waals surface area contributed by atoms with Gasteiger partial charge in [0.15, 0.2) is 0 Å². The standard InChI is InChI=1S/C22H28ClN3O3S2/c23-18-4-3-15-10-21(30-19(15)11-18)31(28,29)22(26-8-7-25-20(27)13-26)16-2-1-14-5-6-24-12-17(14)9-16/h3-4,10-11,14,16-17,22,24H,1-2,5-9,12-13H2,(H,25,27). The zero-order chi connectivity index (χ0) is 21.6. The number of hydrogen-bond acceptors (Lipinski definition) is 6. The van der Waals surface area contributed by atoms with E-state index in [1.165, 1.54) is 17.8 Å². The summed E-state index contributed by atoms with van der Waals surface area (Å²) in [7, 11) is -3.64. The van der Waals surface area contributed by atoms with E-state index in [1.54, 1.807) is 12.1 Å². The summed E-state index contributed by atoms with van der Waals surface area (Å²) in [5.74, 6) is 1.15. The van der Waals surface area contributed by atoms with Crippen molar-refractivity contribution in [1.29, 1.82) is 0 Å². The van der Waals surface area contributed by atoms with Gasteiger partial charge >= 0.3 is 0 Å². The van der Waals surface area contributed by atoms with Crippen molar-refractivity contribution in [3.05, 3.63) is 29.3 Å². The number of fused-ring (bicyclic) bond motifs is 2. The second-order valence-corrected chi connectivity index (χ2v) is 12.9. The van der Waals surface area contributed by atoms with Crippen molar-refractivity contribution in [2.75, 3.05) is 32.7 Å². The highest BCUT2D eigenvalue weighted by Gasteiger charge is 2.45. The van der Waals surface area contributed by atoms with Crippen molar-refractivity contribution in [2.45, 2.75) is 35.3 Å². The number of piperidine rings is 1. The van der Waals surface area contributed by atoms with Gasteiger partial charge in [0, 0.05) is 22.8 Å². The second kappa shape index (κ2) is 8.63. The minimum Gasteiger partial charge on any atom is -0.354 e. The predicted octanol–water partition coefficient (Wildman–Crippen LogP) is 3.11. The van der Waals surface area contributed by atoms with Crippen LogP contribution in [0, 0.1) is 17.8 Å². The lowest BCUT2D eigenvalue weighted by Crippen LogP contribution is -2.57. The minimum absolute atomic E-state index is 0.0332. The fourth-order valence-corrected chi connectivity index (χ4v) is 9.65. The van der Waals surface area contributed by atoms with Gasteiger partial charge in [-0.1, -0.05) is 17.7 Å². The number of nitrogens with one attached hydrogen (secondary N) is 2. The second-order valence-electron chi connectivity index (χ2n) is 9.09. The molecule has 0 radical (unpaired) electrons. The molecule has 1 aliphatic carbocycles. The number of nitrogens with zero attached hydrogens (tertiary/aromatic N) is 1. The summed E-state index contributed by atoms with van der Waals surface area (Å²) in [5, 5.41) is 7.15. The lowest BCUT2D eigenvalue weighted by molar-refractivity contribution is -0.124. The predicted molar refractivity (Wildman–Crippen MR) is 124 cm³/mol.